The minimum atomic E-state index is -0.359. The van der Waals surface area contributed by atoms with Crippen molar-refractivity contribution in [3.05, 3.63) is 30.3 Å². The molecule has 1 aromatic rings. The quantitative estimate of drug-likeness (QED) is 0.279. The Bertz CT molecular complexity index is 467. The second-order valence-electron chi connectivity index (χ2n) is 5.86. The van der Waals surface area contributed by atoms with Gasteiger partial charge in [0.1, 0.15) is 0 Å². The summed E-state index contributed by atoms with van der Waals surface area (Å²) in [6.45, 7) is 4.56. The van der Waals surface area contributed by atoms with Crippen LogP contribution in [0.4, 0.5) is 5.69 Å². The molecule has 0 atom stereocenters. The third kappa shape index (κ3) is 12.1. The lowest BCUT2D eigenvalue weighted by atomic mass is 10.1. The van der Waals surface area contributed by atoms with Crippen molar-refractivity contribution < 1.29 is 14.8 Å². The number of anilines is 1. The molecule has 2 rings (SSSR count). The van der Waals surface area contributed by atoms with Gasteiger partial charge in [-0.05, 0) is 25.0 Å². The molecule has 140 valence electrons. The maximum Gasteiger partial charge on any atom is 0.243 e. The monoisotopic (exact) mass is 350 g/mol. The molecule has 0 bridgehead atoms. The third-order valence-corrected chi connectivity index (χ3v) is 3.70. The van der Waals surface area contributed by atoms with Crippen LogP contribution in [0, 0.1) is 0 Å². The molecule has 1 aliphatic heterocycles. The maximum absolute atomic E-state index is 11.6. The number of hydroxylamine groups is 1. The van der Waals surface area contributed by atoms with Crippen molar-refractivity contribution in [1.82, 2.24) is 16.1 Å². The Balaban J connectivity index is 0.000000435. The van der Waals surface area contributed by atoms with Crippen molar-refractivity contribution in [2.45, 2.75) is 38.5 Å². The number of piperazine rings is 1. The van der Waals surface area contributed by atoms with E-state index in [2.05, 4.69) is 16.0 Å². The highest BCUT2D eigenvalue weighted by atomic mass is 16.5. The molecule has 2 amide bonds. The normalized spacial score (nSPS) is 13.3. The first-order valence-corrected chi connectivity index (χ1v) is 8.91. The molecule has 5 N–H and O–H groups in total. The lowest BCUT2D eigenvalue weighted by Gasteiger charge is -2.11. The van der Waals surface area contributed by atoms with Gasteiger partial charge in [0.2, 0.25) is 11.8 Å². The number of hydrogen-bond acceptors (Lipinski definition) is 5. The third-order valence-electron chi connectivity index (χ3n) is 3.70. The molecule has 7 nitrogen and oxygen atoms in total. The van der Waals surface area contributed by atoms with Crippen molar-refractivity contribution in [2.75, 3.05) is 31.5 Å². The number of para-hydroxylation sites is 1. The molecule has 0 radical (unpaired) electrons. The largest absolute Gasteiger partial charge is 0.326 e. The van der Waals surface area contributed by atoms with E-state index in [0.29, 0.717) is 12.8 Å². The van der Waals surface area contributed by atoms with Gasteiger partial charge in [0.25, 0.3) is 0 Å². The summed E-state index contributed by atoms with van der Waals surface area (Å²) in [5.41, 5.74) is 2.41. The summed E-state index contributed by atoms with van der Waals surface area (Å²) in [5.74, 6) is -0.346. The first-order valence-electron chi connectivity index (χ1n) is 8.91. The van der Waals surface area contributed by atoms with E-state index in [1.807, 2.05) is 30.3 Å². The number of benzene rings is 1. The Morgan fingerprint density at radius 1 is 0.840 bits per heavy atom. The molecule has 0 spiro atoms. The lowest BCUT2D eigenvalue weighted by Crippen LogP contribution is -2.39. The molecule has 1 fully saturated rings. The zero-order valence-electron chi connectivity index (χ0n) is 14.7. The topological polar surface area (TPSA) is 102 Å². The fraction of sp³-hybridized carbons (Fsp3) is 0.556. The summed E-state index contributed by atoms with van der Waals surface area (Å²) < 4.78 is 0. The molecule has 25 heavy (non-hydrogen) atoms. The van der Waals surface area contributed by atoms with E-state index in [9.17, 15) is 9.59 Å². The van der Waals surface area contributed by atoms with Gasteiger partial charge in [-0.15, -0.1) is 0 Å². The van der Waals surface area contributed by atoms with Crippen LogP contribution in [0.1, 0.15) is 38.5 Å². The van der Waals surface area contributed by atoms with E-state index in [0.717, 1.165) is 57.5 Å². The van der Waals surface area contributed by atoms with Crippen LogP contribution in [-0.2, 0) is 9.59 Å². The van der Waals surface area contributed by atoms with Crippen LogP contribution >= 0.6 is 0 Å². The highest BCUT2D eigenvalue weighted by Crippen LogP contribution is 2.09. The summed E-state index contributed by atoms with van der Waals surface area (Å²) in [6.07, 6.45) is 4.13. The number of rotatable bonds is 8. The standard InChI is InChI=1S/C14H20N2O3.C4H10N2/c17-13(15-12-8-4-3-5-9-12)10-6-1-2-7-11-14(18)16-19;1-2-6-4-3-5-1/h3-5,8-9,19H,1-2,6-7,10-11H2,(H,15,17)(H,16,18);5-6H,1-4H2. The summed E-state index contributed by atoms with van der Waals surface area (Å²) >= 11 is 0. The zero-order chi connectivity index (χ0) is 18.2. The highest BCUT2D eigenvalue weighted by molar-refractivity contribution is 5.90. The zero-order valence-corrected chi connectivity index (χ0v) is 14.7. The van der Waals surface area contributed by atoms with Crippen molar-refractivity contribution in [2.24, 2.45) is 0 Å². The SMILES string of the molecule is C1CNCCN1.O=C(CCCCCCC(=O)Nc1ccccc1)NO. The smallest absolute Gasteiger partial charge is 0.243 e. The van der Waals surface area contributed by atoms with Crippen LogP contribution in [-0.4, -0.2) is 43.2 Å². The molecule has 1 heterocycles. The molecule has 0 unspecified atom stereocenters. The average molecular weight is 350 g/mol. The molecular weight excluding hydrogens is 320 g/mol. The van der Waals surface area contributed by atoms with Gasteiger partial charge in [-0.25, -0.2) is 5.48 Å². The molecule has 1 aliphatic rings. The molecule has 0 saturated carbocycles. The van der Waals surface area contributed by atoms with Gasteiger partial charge in [-0.1, -0.05) is 31.0 Å². The first kappa shape index (κ1) is 21.1. The predicted octanol–water partition coefficient (Wildman–Crippen LogP) is 1.65. The second-order valence-corrected chi connectivity index (χ2v) is 5.86. The van der Waals surface area contributed by atoms with Crippen molar-refractivity contribution in [3.63, 3.8) is 0 Å². The number of carbonyl (C=O) groups excluding carboxylic acids is 2. The van der Waals surface area contributed by atoms with E-state index < -0.39 is 0 Å². The van der Waals surface area contributed by atoms with Crippen LogP contribution in [0.2, 0.25) is 0 Å². The van der Waals surface area contributed by atoms with Gasteiger partial charge >= 0.3 is 0 Å². The summed E-state index contributed by atoms with van der Waals surface area (Å²) in [6, 6.07) is 9.36. The van der Waals surface area contributed by atoms with E-state index in [4.69, 9.17) is 5.21 Å². The number of amides is 2. The van der Waals surface area contributed by atoms with E-state index >= 15 is 0 Å². The second kappa shape index (κ2) is 14.4. The van der Waals surface area contributed by atoms with Crippen LogP contribution in [0.5, 0.6) is 0 Å². The van der Waals surface area contributed by atoms with Crippen LogP contribution in [0.3, 0.4) is 0 Å². The average Bonchev–Trinajstić information content (AvgIpc) is 2.67. The van der Waals surface area contributed by atoms with Gasteiger partial charge in [0, 0.05) is 44.7 Å². The Morgan fingerprint density at radius 3 is 1.84 bits per heavy atom. The molecular formula is C18H30N4O3. The van der Waals surface area contributed by atoms with Crippen LogP contribution in [0.25, 0.3) is 0 Å². The predicted molar refractivity (Wildman–Crippen MR) is 98.4 cm³/mol. The number of carbonyl (C=O) groups is 2. The molecule has 0 aromatic heterocycles. The number of nitrogens with one attached hydrogen (secondary N) is 4. The van der Waals surface area contributed by atoms with Crippen LogP contribution in [0.15, 0.2) is 30.3 Å². The van der Waals surface area contributed by atoms with Crippen molar-refractivity contribution >= 4 is 17.5 Å². The molecule has 1 aromatic carbocycles. The molecule has 7 heteroatoms. The summed E-state index contributed by atoms with van der Waals surface area (Å²) in [5, 5.41) is 17.6. The van der Waals surface area contributed by atoms with Gasteiger partial charge < -0.3 is 16.0 Å². The number of hydrogen-bond donors (Lipinski definition) is 5. The van der Waals surface area contributed by atoms with E-state index in [-0.39, 0.29) is 11.8 Å². The first-order chi connectivity index (χ1) is 12.2. The minimum Gasteiger partial charge on any atom is -0.326 e. The van der Waals surface area contributed by atoms with Gasteiger partial charge in [0.05, 0.1) is 0 Å². The van der Waals surface area contributed by atoms with Gasteiger partial charge in [0.15, 0.2) is 0 Å². The van der Waals surface area contributed by atoms with Crippen molar-refractivity contribution in [1.29, 1.82) is 0 Å². The summed E-state index contributed by atoms with van der Waals surface area (Å²) in [7, 11) is 0. The van der Waals surface area contributed by atoms with Gasteiger partial charge in [-0.2, -0.15) is 0 Å². The maximum atomic E-state index is 11.6. The Labute approximate surface area is 149 Å². The van der Waals surface area contributed by atoms with E-state index in [1.165, 1.54) is 0 Å². The van der Waals surface area contributed by atoms with Gasteiger partial charge in [-0.3, -0.25) is 14.8 Å². The lowest BCUT2D eigenvalue weighted by molar-refractivity contribution is -0.129. The van der Waals surface area contributed by atoms with Crippen molar-refractivity contribution in [3.8, 4) is 0 Å². The van der Waals surface area contributed by atoms with E-state index in [1.54, 1.807) is 5.48 Å². The summed E-state index contributed by atoms with van der Waals surface area (Å²) in [4.78, 5) is 22.3. The molecule has 0 aliphatic carbocycles. The Hall–Kier alpha value is -1.96. The molecule has 1 saturated heterocycles. The minimum absolute atomic E-state index is 0.0132. The Morgan fingerprint density at radius 2 is 1.36 bits per heavy atom. The fourth-order valence-corrected chi connectivity index (χ4v) is 2.33. The highest BCUT2D eigenvalue weighted by Gasteiger charge is 2.02. The Kier molecular flexibility index (Phi) is 12.1. The number of unbranched alkanes of at least 4 members (excludes halogenated alkanes) is 3. The fourth-order valence-electron chi connectivity index (χ4n) is 2.33. The van der Waals surface area contributed by atoms with Crippen LogP contribution < -0.4 is 21.4 Å².